The number of thiocarbonyl (C=S) groups is 1. The molecule has 10 heteroatoms. The molecule has 1 heterocycles. The minimum atomic E-state index is -4.73. The zero-order valence-corrected chi connectivity index (χ0v) is 20.3. The predicted molar refractivity (Wildman–Crippen MR) is 143 cm³/mol. The molecule has 0 fully saturated rings. The number of hydrogen-bond donors (Lipinski definition) is 2. The standard InChI is InChI=1S/C27H20F3N5OS/c1-17-4-2-3-5-23(17)33-26(37)34-32-15-18-6-12-22-19(14-18)7-13-24-25(22)31-16-35(24)20-8-10-21(11-9-20)36-27(28,29)30/h2-16H,1H3,(H2,33,34,37). The van der Waals surface area contributed by atoms with Crippen molar-refractivity contribution in [2.24, 2.45) is 5.10 Å². The first-order valence-electron chi connectivity index (χ1n) is 11.2. The third-order valence-corrected chi connectivity index (χ3v) is 5.87. The Morgan fingerprint density at radius 3 is 2.57 bits per heavy atom. The number of aryl methyl sites for hydroxylation is 1. The minimum absolute atomic E-state index is 0.276. The summed E-state index contributed by atoms with van der Waals surface area (Å²) in [6.45, 7) is 1.99. The van der Waals surface area contributed by atoms with Crippen LogP contribution in [0.3, 0.4) is 0 Å². The van der Waals surface area contributed by atoms with Gasteiger partial charge in [-0.15, -0.1) is 13.2 Å². The first-order valence-corrected chi connectivity index (χ1v) is 11.6. The Hall–Kier alpha value is -4.44. The zero-order chi connectivity index (χ0) is 26.0. The summed E-state index contributed by atoms with van der Waals surface area (Å²) < 4.78 is 43.1. The highest BCUT2D eigenvalue weighted by Gasteiger charge is 2.31. The van der Waals surface area contributed by atoms with Crippen molar-refractivity contribution in [1.29, 1.82) is 0 Å². The van der Waals surface area contributed by atoms with Gasteiger partial charge in [0.1, 0.15) is 12.1 Å². The van der Waals surface area contributed by atoms with Gasteiger partial charge in [-0.05, 0) is 78.1 Å². The second kappa shape index (κ2) is 9.90. The molecule has 186 valence electrons. The van der Waals surface area contributed by atoms with Crippen molar-refractivity contribution < 1.29 is 17.9 Å². The van der Waals surface area contributed by atoms with E-state index >= 15 is 0 Å². The topological polar surface area (TPSA) is 63.5 Å². The lowest BCUT2D eigenvalue weighted by Gasteiger charge is -2.10. The number of anilines is 1. The quantitative estimate of drug-likeness (QED) is 0.154. The summed E-state index contributed by atoms with van der Waals surface area (Å²) in [6, 6.07) is 23.2. The van der Waals surface area contributed by atoms with Crippen molar-refractivity contribution >= 4 is 51.0 Å². The molecule has 0 unspecified atom stereocenters. The van der Waals surface area contributed by atoms with Gasteiger partial charge in [0, 0.05) is 16.8 Å². The molecule has 0 spiro atoms. The number of nitrogens with one attached hydrogen (secondary N) is 2. The van der Waals surface area contributed by atoms with E-state index in [1.165, 1.54) is 12.1 Å². The maximum Gasteiger partial charge on any atom is 0.573 e. The van der Waals surface area contributed by atoms with Gasteiger partial charge in [0.25, 0.3) is 0 Å². The van der Waals surface area contributed by atoms with E-state index in [0.717, 1.165) is 38.6 Å². The van der Waals surface area contributed by atoms with Gasteiger partial charge in [0.15, 0.2) is 5.11 Å². The largest absolute Gasteiger partial charge is 0.573 e. The van der Waals surface area contributed by atoms with Crippen molar-refractivity contribution in [2.45, 2.75) is 13.3 Å². The summed E-state index contributed by atoms with van der Waals surface area (Å²) in [7, 11) is 0. The Morgan fingerprint density at radius 2 is 1.81 bits per heavy atom. The SMILES string of the molecule is Cc1ccccc1NC(=S)NN=Cc1ccc2c(ccc3c2ncn3-c2ccc(OC(F)(F)F)cc2)c1. The number of nitrogens with zero attached hydrogens (tertiary/aromatic N) is 3. The molecule has 2 N–H and O–H groups in total. The van der Waals surface area contributed by atoms with Crippen LogP contribution < -0.4 is 15.5 Å². The highest BCUT2D eigenvalue weighted by atomic mass is 32.1. The maximum atomic E-state index is 12.4. The lowest BCUT2D eigenvalue weighted by Crippen LogP contribution is -2.24. The molecule has 0 saturated heterocycles. The van der Waals surface area contributed by atoms with Gasteiger partial charge in [-0.3, -0.25) is 9.99 Å². The molecule has 0 aliphatic rings. The van der Waals surface area contributed by atoms with Crippen LogP contribution >= 0.6 is 12.2 Å². The molecular weight excluding hydrogens is 499 g/mol. The summed E-state index contributed by atoms with van der Waals surface area (Å²) >= 11 is 5.31. The smallest absolute Gasteiger partial charge is 0.406 e. The van der Waals surface area contributed by atoms with Crippen LogP contribution in [0.2, 0.25) is 0 Å². The molecule has 0 aliphatic carbocycles. The fraction of sp³-hybridized carbons (Fsp3) is 0.0741. The van der Waals surface area contributed by atoms with Crippen molar-refractivity contribution in [3.05, 3.63) is 96.3 Å². The van der Waals surface area contributed by atoms with Crippen LogP contribution in [0.25, 0.3) is 27.5 Å². The summed E-state index contributed by atoms with van der Waals surface area (Å²) in [5, 5.41) is 9.64. The average Bonchev–Trinajstić information content (AvgIpc) is 3.29. The first kappa shape index (κ1) is 24.3. The Kier molecular flexibility index (Phi) is 6.49. The molecule has 6 nitrogen and oxygen atoms in total. The molecular formula is C27H20F3N5OS. The van der Waals surface area contributed by atoms with E-state index in [1.807, 2.05) is 66.1 Å². The molecule has 0 radical (unpaired) electrons. The Bertz CT molecular complexity index is 1630. The molecule has 0 atom stereocenters. The van der Waals surface area contributed by atoms with Gasteiger partial charge >= 0.3 is 6.36 Å². The molecule has 4 aromatic carbocycles. The van der Waals surface area contributed by atoms with Crippen molar-refractivity contribution in [2.75, 3.05) is 5.32 Å². The van der Waals surface area contributed by atoms with Gasteiger partial charge in [0.2, 0.25) is 0 Å². The third-order valence-electron chi connectivity index (χ3n) is 5.68. The maximum absolute atomic E-state index is 12.4. The fourth-order valence-electron chi connectivity index (χ4n) is 3.95. The van der Waals surface area contributed by atoms with Crippen molar-refractivity contribution in [3.63, 3.8) is 0 Å². The Morgan fingerprint density at radius 1 is 1.03 bits per heavy atom. The van der Waals surface area contributed by atoms with E-state index < -0.39 is 6.36 Å². The molecule has 0 bridgehead atoms. The van der Waals surface area contributed by atoms with Crippen LogP contribution in [-0.4, -0.2) is 27.2 Å². The van der Waals surface area contributed by atoms with Crippen molar-refractivity contribution in [3.8, 4) is 11.4 Å². The van der Waals surface area contributed by atoms with Gasteiger partial charge < -0.3 is 10.1 Å². The summed E-state index contributed by atoms with van der Waals surface area (Å²) in [6.07, 6.45) is -1.41. The van der Waals surface area contributed by atoms with Gasteiger partial charge in [0.05, 0.1) is 17.2 Å². The van der Waals surface area contributed by atoms with Gasteiger partial charge in [-0.25, -0.2) is 4.98 Å². The molecule has 1 aromatic heterocycles. The van der Waals surface area contributed by atoms with Crippen LogP contribution in [0, 0.1) is 6.92 Å². The highest BCUT2D eigenvalue weighted by molar-refractivity contribution is 7.80. The number of halogens is 3. The van der Waals surface area contributed by atoms with E-state index in [4.69, 9.17) is 12.2 Å². The number of benzene rings is 4. The van der Waals surface area contributed by atoms with Gasteiger partial charge in [-0.2, -0.15) is 5.10 Å². The van der Waals surface area contributed by atoms with Crippen LogP contribution in [0.5, 0.6) is 5.75 Å². The number of hydrazone groups is 1. The lowest BCUT2D eigenvalue weighted by atomic mass is 10.1. The zero-order valence-electron chi connectivity index (χ0n) is 19.5. The van der Waals surface area contributed by atoms with Crippen molar-refractivity contribution in [1.82, 2.24) is 15.0 Å². The van der Waals surface area contributed by atoms with Crippen LogP contribution in [0.15, 0.2) is 90.3 Å². The molecule has 5 rings (SSSR count). The van der Waals surface area contributed by atoms with Gasteiger partial charge in [-0.1, -0.05) is 36.4 Å². The number of fused-ring (bicyclic) bond motifs is 3. The number of ether oxygens (including phenoxy) is 1. The molecule has 5 aromatic rings. The number of alkyl halides is 3. The molecule has 0 aliphatic heterocycles. The predicted octanol–water partition coefficient (Wildman–Crippen LogP) is 6.71. The van der Waals surface area contributed by atoms with E-state index in [9.17, 15) is 13.2 Å². The summed E-state index contributed by atoms with van der Waals surface area (Å²) in [5.74, 6) is -0.276. The average molecular weight is 520 g/mol. The number of imidazole rings is 1. The second-order valence-electron chi connectivity index (χ2n) is 8.21. The summed E-state index contributed by atoms with van der Waals surface area (Å²) in [5.41, 5.74) is 7.96. The molecule has 37 heavy (non-hydrogen) atoms. The van der Waals surface area contributed by atoms with Crippen LogP contribution in [0.4, 0.5) is 18.9 Å². The second-order valence-corrected chi connectivity index (χ2v) is 8.62. The van der Waals surface area contributed by atoms with E-state index in [2.05, 4.69) is 25.6 Å². The number of hydrogen-bond acceptors (Lipinski definition) is 4. The Labute approximate surface area is 215 Å². The number of aromatic nitrogens is 2. The number of rotatable bonds is 5. The van der Waals surface area contributed by atoms with Crippen LogP contribution in [0.1, 0.15) is 11.1 Å². The molecule has 0 amide bonds. The normalized spacial score (nSPS) is 11.8. The third kappa shape index (κ3) is 5.54. The lowest BCUT2D eigenvalue weighted by molar-refractivity contribution is -0.274. The fourth-order valence-corrected chi connectivity index (χ4v) is 4.11. The van der Waals surface area contributed by atoms with E-state index in [1.54, 1.807) is 24.7 Å². The summed E-state index contributed by atoms with van der Waals surface area (Å²) in [4.78, 5) is 4.55. The van der Waals surface area contributed by atoms with E-state index in [0.29, 0.717) is 10.8 Å². The van der Waals surface area contributed by atoms with Crippen LogP contribution in [-0.2, 0) is 0 Å². The minimum Gasteiger partial charge on any atom is -0.406 e. The first-order chi connectivity index (χ1) is 17.8. The van der Waals surface area contributed by atoms with E-state index in [-0.39, 0.29) is 5.75 Å². The molecule has 0 saturated carbocycles. The Balaban J connectivity index is 1.32. The highest BCUT2D eigenvalue weighted by Crippen LogP contribution is 2.28. The number of para-hydroxylation sites is 1. The monoisotopic (exact) mass is 519 g/mol.